The number of hydrogen-bond acceptors (Lipinski definition) is 2. The maximum absolute atomic E-state index is 9.26. The van der Waals surface area contributed by atoms with E-state index in [0.717, 1.165) is 22.6 Å². The number of phenolic OH excluding ortho intramolecular Hbond substituents is 1. The molecule has 94 valence electrons. The lowest BCUT2D eigenvalue weighted by Crippen LogP contribution is -2.15. The van der Waals surface area contributed by atoms with Crippen molar-refractivity contribution < 1.29 is 5.11 Å². The summed E-state index contributed by atoms with van der Waals surface area (Å²) < 4.78 is 0. The monoisotopic (exact) mass is 261 g/mol. The molecule has 0 aromatic heterocycles. The van der Waals surface area contributed by atoms with Crippen LogP contribution in [-0.2, 0) is 6.42 Å². The molecule has 1 atom stereocenters. The Labute approximate surface area is 112 Å². The van der Waals surface area contributed by atoms with E-state index in [1.54, 1.807) is 12.1 Å². The van der Waals surface area contributed by atoms with Crippen LogP contribution < -0.4 is 5.73 Å². The maximum atomic E-state index is 9.26. The van der Waals surface area contributed by atoms with Crippen LogP contribution in [0.2, 0.25) is 5.02 Å². The van der Waals surface area contributed by atoms with E-state index < -0.39 is 0 Å². The third-order valence-electron chi connectivity index (χ3n) is 3.02. The number of rotatable bonds is 4. The second kappa shape index (κ2) is 5.89. The van der Waals surface area contributed by atoms with Gasteiger partial charge in [-0.25, -0.2) is 0 Å². The van der Waals surface area contributed by atoms with Crippen LogP contribution in [0.3, 0.4) is 0 Å². The molecule has 0 aliphatic heterocycles. The summed E-state index contributed by atoms with van der Waals surface area (Å²) in [6.07, 6.45) is 0.844. The molecule has 0 saturated heterocycles. The van der Waals surface area contributed by atoms with E-state index in [0.29, 0.717) is 6.54 Å². The molecule has 2 rings (SSSR count). The van der Waals surface area contributed by atoms with Crippen molar-refractivity contribution in [3.8, 4) is 5.75 Å². The average Bonchev–Trinajstić information content (AvgIpc) is 2.38. The van der Waals surface area contributed by atoms with Crippen molar-refractivity contribution in [3.63, 3.8) is 0 Å². The van der Waals surface area contributed by atoms with Crippen molar-refractivity contribution in [1.82, 2.24) is 0 Å². The van der Waals surface area contributed by atoms with Crippen LogP contribution in [0.4, 0.5) is 0 Å². The number of phenols is 1. The molecule has 0 saturated carbocycles. The first kappa shape index (κ1) is 12.9. The molecular formula is C15H16ClNO. The van der Waals surface area contributed by atoms with E-state index in [1.165, 1.54) is 0 Å². The summed E-state index contributed by atoms with van der Waals surface area (Å²) >= 11 is 6.00. The van der Waals surface area contributed by atoms with Crippen molar-refractivity contribution in [1.29, 1.82) is 0 Å². The van der Waals surface area contributed by atoms with Gasteiger partial charge in [0.2, 0.25) is 0 Å². The number of nitrogens with two attached hydrogens (primary N) is 1. The van der Waals surface area contributed by atoms with Gasteiger partial charge in [-0.3, -0.25) is 0 Å². The molecule has 0 aliphatic carbocycles. The highest BCUT2D eigenvalue weighted by Crippen LogP contribution is 2.23. The van der Waals surface area contributed by atoms with E-state index in [4.69, 9.17) is 17.3 Å². The third-order valence-corrected chi connectivity index (χ3v) is 3.26. The Bertz CT molecular complexity index is 510. The number of hydrogen-bond donors (Lipinski definition) is 2. The zero-order chi connectivity index (χ0) is 13.0. The summed E-state index contributed by atoms with van der Waals surface area (Å²) in [5.74, 6) is 0.527. The van der Waals surface area contributed by atoms with Gasteiger partial charge in [-0.15, -0.1) is 0 Å². The summed E-state index contributed by atoms with van der Waals surface area (Å²) in [7, 11) is 0. The van der Waals surface area contributed by atoms with Gasteiger partial charge in [0.25, 0.3) is 0 Å². The zero-order valence-corrected chi connectivity index (χ0v) is 10.8. The Morgan fingerprint density at radius 3 is 2.44 bits per heavy atom. The second-order valence-corrected chi connectivity index (χ2v) is 4.79. The smallest absolute Gasteiger partial charge is 0.115 e. The van der Waals surface area contributed by atoms with E-state index >= 15 is 0 Å². The van der Waals surface area contributed by atoms with Crippen LogP contribution in [0.5, 0.6) is 5.75 Å². The fourth-order valence-corrected chi connectivity index (χ4v) is 2.21. The Morgan fingerprint density at radius 2 is 1.83 bits per heavy atom. The lowest BCUT2D eigenvalue weighted by Gasteiger charge is -2.15. The van der Waals surface area contributed by atoms with E-state index in [-0.39, 0.29) is 11.7 Å². The first-order valence-corrected chi connectivity index (χ1v) is 6.30. The van der Waals surface area contributed by atoms with Crippen LogP contribution in [0.15, 0.2) is 48.5 Å². The Hall–Kier alpha value is -1.51. The summed E-state index contributed by atoms with van der Waals surface area (Å²) in [5, 5.41) is 9.99. The largest absolute Gasteiger partial charge is 0.508 e. The van der Waals surface area contributed by atoms with Crippen molar-refractivity contribution in [2.75, 3.05) is 6.54 Å². The lowest BCUT2D eigenvalue weighted by molar-refractivity contribution is 0.475. The second-order valence-electron chi connectivity index (χ2n) is 4.36. The van der Waals surface area contributed by atoms with Crippen molar-refractivity contribution in [2.45, 2.75) is 12.3 Å². The summed E-state index contributed by atoms with van der Waals surface area (Å²) in [6.45, 7) is 0.571. The molecule has 0 fully saturated rings. The molecule has 2 nitrogen and oxygen atoms in total. The van der Waals surface area contributed by atoms with E-state index in [2.05, 4.69) is 0 Å². The van der Waals surface area contributed by atoms with Crippen LogP contribution in [0.25, 0.3) is 0 Å². The maximum Gasteiger partial charge on any atom is 0.115 e. The molecule has 3 heteroatoms. The van der Waals surface area contributed by atoms with Gasteiger partial charge in [0.1, 0.15) is 5.75 Å². The Balaban J connectivity index is 2.17. The molecule has 0 spiro atoms. The molecule has 0 radical (unpaired) electrons. The fourth-order valence-electron chi connectivity index (χ4n) is 2.01. The zero-order valence-electron chi connectivity index (χ0n) is 10.0. The predicted octanol–water partition coefficient (Wildman–Crippen LogP) is 3.33. The van der Waals surface area contributed by atoms with Gasteiger partial charge in [-0.1, -0.05) is 35.9 Å². The predicted molar refractivity (Wildman–Crippen MR) is 75.1 cm³/mol. The van der Waals surface area contributed by atoms with Gasteiger partial charge < -0.3 is 10.8 Å². The fraction of sp³-hybridized carbons (Fsp3) is 0.200. The molecule has 0 bridgehead atoms. The molecule has 3 N–H and O–H groups in total. The molecular weight excluding hydrogens is 246 g/mol. The quantitative estimate of drug-likeness (QED) is 0.887. The first-order valence-electron chi connectivity index (χ1n) is 5.92. The summed E-state index contributed by atoms with van der Waals surface area (Å²) in [4.78, 5) is 0. The summed E-state index contributed by atoms with van der Waals surface area (Å²) in [6, 6.07) is 15.0. The van der Waals surface area contributed by atoms with Crippen LogP contribution in [0.1, 0.15) is 17.0 Å². The Kier molecular flexibility index (Phi) is 4.24. The Morgan fingerprint density at radius 1 is 1.11 bits per heavy atom. The van der Waals surface area contributed by atoms with Gasteiger partial charge in [0, 0.05) is 10.9 Å². The highest BCUT2D eigenvalue weighted by atomic mass is 35.5. The van der Waals surface area contributed by atoms with Crippen molar-refractivity contribution in [2.24, 2.45) is 5.73 Å². The molecule has 0 amide bonds. The molecule has 1 unspecified atom stereocenters. The third kappa shape index (κ3) is 3.25. The number of halogens is 1. The van der Waals surface area contributed by atoms with Gasteiger partial charge in [-0.05, 0) is 48.4 Å². The van der Waals surface area contributed by atoms with Gasteiger partial charge in [0.15, 0.2) is 0 Å². The van der Waals surface area contributed by atoms with Gasteiger partial charge >= 0.3 is 0 Å². The molecule has 2 aromatic carbocycles. The van der Waals surface area contributed by atoms with E-state index in [1.807, 2.05) is 36.4 Å². The standard InChI is InChI=1S/C15H16ClNO/c16-14-3-1-2-12(9-14)13(10-17)8-11-4-6-15(18)7-5-11/h1-7,9,13,18H,8,10,17H2. The van der Waals surface area contributed by atoms with E-state index in [9.17, 15) is 5.11 Å². The lowest BCUT2D eigenvalue weighted by atomic mass is 9.92. The highest BCUT2D eigenvalue weighted by Gasteiger charge is 2.11. The normalized spacial score (nSPS) is 12.3. The molecule has 18 heavy (non-hydrogen) atoms. The highest BCUT2D eigenvalue weighted by molar-refractivity contribution is 6.30. The average molecular weight is 262 g/mol. The van der Waals surface area contributed by atoms with Crippen LogP contribution >= 0.6 is 11.6 Å². The molecule has 2 aromatic rings. The first-order chi connectivity index (χ1) is 8.69. The van der Waals surface area contributed by atoms with Crippen molar-refractivity contribution in [3.05, 3.63) is 64.7 Å². The van der Waals surface area contributed by atoms with Crippen LogP contribution in [0, 0.1) is 0 Å². The topological polar surface area (TPSA) is 46.2 Å². The molecule has 0 aliphatic rings. The minimum absolute atomic E-state index is 0.244. The minimum atomic E-state index is 0.244. The number of aromatic hydroxyl groups is 1. The van der Waals surface area contributed by atoms with Crippen LogP contribution in [-0.4, -0.2) is 11.7 Å². The molecule has 0 heterocycles. The van der Waals surface area contributed by atoms with Gasteiger partial charge in [0.05, 0.1) is 0 Å². The summed E-state index contributed by atoms with van der Waals surface area (Å²) in [5.41, 5.74) is 8.15. The van der Waals surface area contributed by atoms with Gasteiger partial charge in [-0.2, -0.15) is 0 Å². The van der Waals surface area contributed by atoms with Crippen molar-refractivity contribution >= 4 is 11.6 Å². The SMILES string of the molecule is NCC(Cc1ccc(O)cc1)c1cccc(Cl)c1. The number of benzene rings is 2. The minimum Gasteiger partial charge on any atom is -0.508 e.